The number of aryl methyl sites for hydroxylation is 1. The Hall–Kier alpha value is -2.99. The van der Waals surface area contributed by atoms with E-state index in [1.54, 1.807) is 29.6 Å². The number of nitrogens with zero attached hydrogens (tertiary/aromatic N) is 1. The normalized spacial score (nSPS) is 10.3. The first kappa shape index (κ1) is 16.9. The maximum Gasteiger partial charge on any atom is 0.257 e. The van der Waals surface area contributed by atoms with Crippen LogP contribution in [0.25, 0.3) is 0 Å². The molecule has 0 aliphatic heterocycles. The molecular weight excluding hydrogens is 334 g/mol. The van der Waals surface area contributed by atoms with Crippen LogP contribution in [0.5, 0.6) is 0 Å². The third-order valence-electron chi connectivity index (χ3n) is 3.57. The predicted molar refractivity (Wildman–Crippen MR) is 100 cm³/mol. The summed E-state index contributed by atoms with van der Waals surface area (Å²) >= 11 is 1.30. The van der Waals surface area contributed by atoms with E-state index in [4.69, 9.17) is 0 Å². The number of anilines is 2. The second kappa shape index (κ2) is 7.72. The molecule has 0 aliphatic carbocycles. The van der Waals surface area contributed by atoms with E-state index >= 15 is 0 Å². The molecule has 3 aromatic rings. The van der Waals surface area contributed by atoms with Gasteiger partial charge in [0.05, 0.1) is 12.1 Å². The minimum Gasteiger partial charge on any atom is -0.326 e. The van der Waals surface area contributed by atoms with Crippen LogP contribution >= 0.6 is 11.3 Å². The molecule has 0 bridgehead atoms. The molecule has 0 unspecified atom stereocenters. The molecule has 0 fully saturated rings. The van der Waals surface area contributed by atoms with Crippen molar-refractivity contribution in [1.29, 1.82) is 0 Å². The van der Waals surface area contributed by atoms with Crippen LogP contribution in [-0.4, -0.2) is 16.8 Å². The van der Waals surface area contributed by atoms with Crippen LogP contribution in [0.15, 0.2) is 60.0 Å². The Labute approximate surface area is 149 Å². The zero-order valence-corrected chi connectivity index (χ0v) is 14.5. The minimum atomic E-state index is -0.217. The van der Waals surface area contributed by atoms with Crippen molar-refractivity contribution in [2.75, 3.05) is 10.6 Å². The summed E-state index contributed by atoms with van der Waals surface area (Å²) in [5, 5.41) is 7.88. The standard InChI is InChI=1S/C19H17N3O2S/c1-13-7-5-6-10-16(13)21-17(23)11-15-12-25-19(20-15)22-18(24)14-8-3-2-4-9-14/h2-10,12H,11H2,1H3,(H,21,23)(H,20,22,24). The summed E-state index contributed by atoms with van der Waals surface area (Å²) in [4.78, 5) is 28.6. The molecular formula is C19H17N3O2S. The van der Waals surface area contributed by atoms with E-state index < -0.39 is 0 Å². The van der Waals surface area contributed by atoms with Crippen molar-refractivity contribution in [3.8, 4) is 0 Å². The maximum atomic E-state index is 12.2. The van der Waals surface area contributed by atoms with E-state index in [9.17, 15) is 9.59 Å². The van der Waals surface area contributed by atoms with Crippen LogP contribution in [0.2, 0.25) is 0 Å². The van der Waals surface area contributed by atoms with E-state index in [-0.39, 0.29) is 18.2 Å². The van der Waals surface area contributed by atoms with Crippen LogP contribution in [-0.2, 0) is 11.2 Å². The molecule has 25 heavy (non-hydrogen) atoms. The molecule has 3 rings (SSSR count). The molecule has 0 saturated carbocycles. The molecule has 0 atom stereocenters. The van der Waals surface area contributed by atoms with Crippen molar-refractivity contribution in [2.45, 2.75) is 13.3 Å². The van der Waals surface area contributed by atoms with Gasteiger partial charge in [0.15, 0.2) is 5.13 Å². The highest BCUT2D eigenvalue weighted by Crippen LogP contribution is 2.18. The highest BCUT2D eigenvalue weighted by atomic mass is 32.1. The monoisotopic (exact) mass is 351 g/mol. The van der Waals surface area contributed by atoms with Crippen molar-refractivity contribution in [3.05, 3.63) is 76.8 Å². The topological polar surface area (TPSA) is 71.1 Å². The first-order valence-electron chi connectivity index (χ1n) is 7.78. The van der Waals surface area contributed by atoms with Gasteiger partial charge in [-0.1, -0.05) is 36.4 Å². The molecule has 2 aromatic carbocycles. The largest absolute Gasteiger partial charge is 0.326 e. The van der Waals surface area contributed by atoms with Gasteiger partial charge in [0.25, 0.3) is 5.91 Å². The lowest BCUT2D eigenvalue weighted by Gasteiger charge is -2.06. The molecule has 126 valence electrons. The Morgan fingerprint density at radius 2 is 1.72 bits per heavy atom. The van der Waals surface area contributed by atoms with Gasteiger partial charge in [-0.05, 0) is 30.7 Å². The van der Waals surface area contributed by atoms with E-state index in [0.29, 0.717) is 16.4 Å². The Morgan fingerprint density at radius 3 is 2.48 bits per heavy atom. The number of aromatic nitrogens is 1. The van der Waals surface area contributed by atoms with Gasteiger partial charge >= 0.3 is 0 Å². The molecule has 2 N–H and O–H groups in total. The van der Waals surface area contributed by atoms with Gasteiger partial charge in [0, 0.05) is 16.6 Å². The molecule has 1 aromatic heterocycles. The van der Waals surface area contributed by atoms with Crippen molar-refractivity contribution < 1.29 is 9.59 Å². The lowest BCUT2D eigenvalue weighted by atomic mass is 10.2. The number of carbonyl (C=O) groups is 2. The molecule has 0 saturated heterocycles. The molecule has 2 amide bonds. The molecule has 5 nitrogen and oxygen atoms in total. The average molecular weight is 351 g/mol. The van der Waals surface area contributed by atoms with Crippen LogP contribution in [0.1, 0.15) is 21.6 Å². The summed E-state index contributed by atoms with van der Waals surface area (Å²) in [6.45, 7) is 1.94. The minimum absolute atomic E-state index is 0.138. The van der Waals surface area contributed by atoms with Crippen LogP contribution in [0.3, 0.4) is 0 Å². The van der Waals surface area contributed by atoms with Gasteiger partial charge in [-0.2, -0.15) is 0 Å². The van der Waals surface area contributed by atoms with E-state index in [1.807, 2.05) is 37.3 Å². The average Bonchev–Trinajstić information content (AvgIpc) is 3.04. The van der Waals surface area contributed by atoms with Gasteiger partial charge in [0.2, 0.25) is 5.91 Å². The summed E-state index contributed by atoms with van der Waals surface area (Å²) in [5.41, 5.74) is 2.99. The second-order valence-electron chi connectivity index (χ2n) is 5.50. The first-order valence-corrected chi connectivity index (χ1v) is 8.66. The number of rotatable bonds is 5. The fraction of sp³-hybridized carbons (Fsp3) is 0.105. The van der Waals surface area contributed by atoms with Crippen molar-refractivity contribution >= 4 is 34.0 Å². The van der Waals surface area contributed by atoms with Crippen LogP contribution in [0.4, 0.5) is 10.8 Å². The van der Waals surface area contributed by atoms with Gasteiger partial charge in [-0.25, -0.2) is 4.98 Å². The summed E-state index contributed by atoms with van der Waals surface area (Å²) in [6, 6.07) is 16.5. The molecule has 0 aliphatic rings. The predicted octanol–water partition coefficient (Wildman–Crippen LogP) is 3.89. The molecule has 0 radical (unpaired) electrons. The number of hydrogen-bond donors (Lipinski definition) is 2. The van der Waals surface area contributed by atoms with E-state index in [1.165, 1.54) is 11.3 Å². The summed E-state index contributed by atoms with van der Waals surface area (Å²) in [5.74, 6) is -0.355. The summed E-state index contributed by atoms with van der Waals surface area (Å²) in [6.07, 6.45) is 0.159. The molecule has 6 heteroatoms. The van der Waals surface area contributed by atoms with Crippen LogP contribution in [0, 0.1) is 6.92 Å². The first-order chi connectivity index (χ1) is 12.1. The number of amides is 2. The number of thiazole rings is 1. The Kier molecular flexibility index (Phi) is 5.20. The Morgan fingerprint density at radius 1 is 1.00 bits per heavy atom. The van der Waals surface area contributed by atoms with Gasteiger partial charge in [-0.15, -0.1) is 11.3 Å². The number of carbonyl (C=O) groups excluding carboxylic acids is 2. The lowest BCUT2D eigenvalue weighted by molar-refractivity contribution is -0.115. The van der Waals surface area contributed by atoms with Crippen molar-refractivity contribution in [3.63, 3.8) is 0 Å². The lowest BCUT2D eigenvalue weighted by Crippen LogP contribution is -2.15. The van der Waals surface area contributed by atoms with Gasteiger partial charge in [-0.3, -0.25) is 14.9 Å². The molecule has 0 spiro atoms. The third kappa shape index (κ3) is 4.51. The zero-order chi connectivity index (χ0) is 17.6. The second-order valence-corrected chi connectivity index (χ2v) is 6.36. The fourth-order valence-corrected chi connectivity index (χ4v) is 2.98. The maximum absolute atomic E-state index is 12.2. The molecule has 1 heterocycles. The van der Waals surface area contributed by atoms with Crippen LogP contribution < -0.4 is 10.6 Å². The smallest absolute Gasteiger partial charge is 0.257 e. The number of benzene rings is 2. The Balaban J connectivity index is 1.59. The van der Waals surface area contributed by atoms with E-state index in [0.717, 1.165) is 11.3 Å². The third-order valence-corrected chi connectivity index (χ3v) is 4.38. The van der Waals surface area contributed by atoms with E-state index in [2.05, 4.69) is 15.6 Å². The van der Waals surface area contributed by atoms with Crippen molar-refractivity contribution in [1.82, 2.24) is 4.98 Å². The van der Waals surface area contributed by atoms with Crippen molar-refractivity contribution in [2.24, 2.45) is 0 Å². The fourth-order valence-electron chi connectivity index (χ4n) is 2.28. The number of para-hydroxylation sites is 1. The summed E-state index contributed by atoms with van der Waals surface area (Å²) in [7, 11) is 0. The highest BCUT2D eigenvalue weighted by Gasteiger charge is 2.11. The highest BCUT2D eigenvalue weighted by molar-refractivity contribution is 7.14. The summed E-state index contributed by atoms with van der Waals surface area (Å²) < 4.78 is 0. The number of nitrogens with one attached hydrogen (secondary N) is 2. The van der Waals surface area contributed by atoms with Gasteiger partial charge in [0.1, 0.15) is 0 Å². The number of hydrogen-bond acceptors (Lipinski definition) is 4. The SMILES string of the molecule is Cc1ccccc1NC(=O)Cc1csc(NC(=O)c2ccccc2)n1. The quantitative estimate of drug-likeness (QED) is 0.733. The Bertz CT molecular complexity index is 890. The zero-order valence-electron chi connectivity index (χ0n) is 13.7. The van der Waals surface area contributed by atoms with Gasteiger partial charge < -0.3 is 5.32 Å².